The molecule has 0 aliphatic carbocycles. The number of carbonyl (C=O) groups excluding carboxylic acids is 3. The van der Waals surface area contributed by atoms with Crippen molar-refractivity contribution in [3.63, 3.8) is 0 Å². The van der Waals surface area contributed by atoms with Crippen LogP contribution in [-0.2, 0) is 25.3 Å². The fraction of sp³-hybridized carbons (Fsp3) is 0.438. The molecule has 142 valence electrons. The van der Waals surface area contributed by atoms with Crippen molar-refractivity contribution in [3.8, 4) is 0 Å². The van der Waals surface area contributed by atoms with Crippen molar-refractivity contribution >= 4 is 23.5 Å². The molecule has 0 bridgehead atoms. The van der Waals surface area contributed by atoms with Gasteiger partial charge in [0.1, 0.15) is 6.04 Å². The smallest absolute Gasteiger partial charge is 0.416 e. The molecule has 1 aromatic carbocycles. The Morgan fingerprint density at radius 1 is 1.31 bits per heavy atom. The van der Waals surface area contributed by atoms with Gasteiger partial charge in [0.15, 0.2) is 0 Å². The standard InChI is InChI=1S/C16H18F3N3O4/c1-26-14(24)8-12-15(25)20-6-7-22(12)9-13(23)21-11-4-2-10(3-5-11)16(17,18)19/h2-5,12H,6-9H2,1H3,(H,20,25)(H,21,23)/t12-/m0/s1. The number of alkyl halides is 3. The van der Waals surface area contributed by atoms with Gasteiger partial charge in [-0.05, 0) is 24.3 Å². The number of piperazine rings is 1. The van der Waals surface area contributed by atoms with Crippen molar-refractivity contribution in [1.29, 1.82) is 0 Å². The van der Waals surface area contributed by atoms with Crippen LogP contribution >= 0.6 is 0 Å². The van der Waals surface area contributed by atoms with E-state index >= 15 is 0 Å². The van der Waals surface area contributed by atoms with Gasteiger partial charge in [0.2, 0.25) is 11.8 Å². The van der Waals surface area contributed by atoms with Crippen LogP contribution in [0, 0.1) is 0 Å². The number of carbonyl (C=O) groups is 3. The lowest BCUT2D eigenvalue weighted by atomic mass is 10.1. The summed E-state index contributed by atoms with van der Waals surface area (Å²) in [6.07, 6.45) is -4.65. The van der Waals surface area contributed by atoms with E-state index in [0.29, 0.717) is 13.1 Å². The molecule has 0 unspecified atom stereocenters. The number of hydrogen-bond donors (Lipinski definition) is 2. The van der Waals surface area contributed by atoms with Gasteiger partial charge in [-0.25, -0.2) is 0 Å². The van der Waals surface area contributed by atoms with Crippen LogP contribution in [0.25, 0.3) is 0 Å². The summed E-state index contributed by atoms with van der Waals surface area (Å²) in [5.41, 5.74) is -0.615. The molecule has 0 radical (unpaired) electrons. The number of nitrogens with one attached hydrogen (secondary N) is 2. The molecule has 0 spiro atoms. The summed E-state index contributed by atoms with van der Waals surface area (Å²) >= 11 is 0. The second-order valence-corrected chi connectivity index (χ2v) is 5.68. The Morgan fingerprint density at radius 3 is 2.54 bits per heavy atom. The molecule has 7 nitrogen and oxygen atoms in total. The van der Waals surface area contributed by atoms with Crippen LogP contribution in [0.15, 0.2) is 24.3 Å². The molecule has 1 fully saturated rings. The molecule has 2 N–H and O–H groups in total. The van der Waals surface area contributed by atoms with Crippen molar-refractivity contribution in [2.45, 2.75) is 18.6 Å². The molecule has 1 aliphatic rings. The van der Waals surface area contributed by atoms with Gasteiger partial charge < -0.3 is 15.4 Å². The highest BCUT2D eigenvalue weighted by Gasteiger charge is 2.33. The predicted octanol–water partition coefficient (Wildman–Crippen LogP) is 1.01. The Balaban J connectivity index is 1.98. The van der Waals surface area contributed by atoms with Crippen molar-refractivity contribution in [1.82, 2.24) is 10.2 Å². The summed E-state index contributed by atoms with van der Waals surface area (Å²) in [4.78, 5) is 37.0. The van der Waals surface area contributed by atoms with Crippen LogP contribution in [0.5, 0.6) is 0 Å². The quantitative estimate of drug-likeness (QED) is 0.752. The van der Waals surface area contributed by atoms with Crippen LogP contribution in [0.1, 0.15) is 12.0 Å². The molecule has 10 heteroatoms. The number of nitrogens with zero attached hydrogens (tertiary/aromatic N) is 1. The number of rotatable bonds is 5. The Bertz CT molecular complexity index is 676. The summed E-state index contributed by atoms with van der Waals surface area (Å²) in [5.74, 6) is -1.47. The van der Waals surface area contributed by atoms with Gasteiger partial charge in [-0.1, -0.05) is 0 Å². The molecule has 26 heavy (non-hydrogen) atoms. The van der Waals surface area contributed by atoms with E-state index < -0.39 is 29.7 Å². The van der Waals surface area contributed by atoms with E-state index in [9.17, 15) is 27.6 Å². The Kier molecular flexibility index (Phi) is 6.19. The third kappa shape index (κ3) is 5.19. The Morgan fingerprint density at radius 2 is 1.96 bits per heavy atom. The SMILES string of the molecule is COC(=O)C[C@H]1C(=O)NCCN1CC(=O)Nc1ccc(C(F)(F)F)cc1. The van der Waals surface area contributed by atoms with E-state index in [2.05, 4.69) is 15.4 Å². The first-order valence-electron chi connectivity index (χ1n) is 7.76. The van der Waals surface area contributed by atoms with Crippen molar-refractivity contribution < 1.29 is 32.3 Å². The molecule has 0 aromatic heterocycles. The summed E-state index contributed by atoms with van der Waals surface area (Å²) in [5, 5.41) is 5.08. The second kappa shape index (κ2) is 8.17. The summed E-state index contributed by atoms with van der Waals surface area (Å²) < 4.78 is 42.2. The molecule has 1 saturated heterocycles. The van der Waals surface area contributed by atoms with E-state index in [1.807, 2.05) is 0 Å². The molecule has 2 amide bonds. The van der Waals surface area contributed by atoms with Crippen LogP contribution < -0.4 is 10.6 Å². The maximum absolute atomic E-state index is 12.5. The van der Waals surface area contributed by atoms with Crippen molar-refractivity contribution in [2.75, 3.05) is 32.1 Å². The van der Waals surface area contributed by atoms with Crippen LogP contribution in [0.4, 0.5) is 18.9 Å². The van der Waals surface area contributed by atoms with Crippen LogP contribution in [-0.4, -0.2) is 55.5 Å². The Labute approximate surface area is 147 Å². The highest BCUT2D eigenvalue weighted by molar-refractivity contribution is 5.93. The zero-order chi connectivity index (χ0) is 19.3. The number of methoxy groups -OCH3 is 1. The molecular weight excluding hydrogens is 355 g/mol. The molecule has 1 aliphatic heterocycles. The van der Waals surface area contributed by atoms with Gasteiger partial charge >= 0.3 is 12.1 Å². The van der Waals surface area contributed by atoms with Crippen molar-refractivity contribution in [2.24, 2.45) is 0 Å². The van der Waals surface area contributed by atoms with Gasteiger partial charge in [-0.3, -0.25) is 19.3 Å². The lowest BCUT2D eigenvalue weighted by Gasteiger charge is -2.33. The third-order valence-corrected chi connectivity index (χ3v) is 3.87. The first-order valence-corrected chi connectivity index (χ1v) is 7.76. The lowest BCUT2D eigenvalue weighted by Crippen LogP contribution is -2.57. The maximum atomic E-state index is 12.5. The molecule has 1 atom stereocenters. The highest BCUT2D eigenvalue weighted by atomic mass is 19.4. The van der Waals surface area contributed by atoms with E-state index in [0.717, 1.165) is 24.3 Å². The fourth-order valence-corrected chi connectivity index (χ4v) is 2.54. The molecular formula is C16H18F3N3O4. The second-order valence-electron chi connectivity index (χ2n) is 5.68. The first-order chi connectivity index (χ1) is 12.2. The molecule has 1 heterocycles. The normalized spacial score (nSPS) is 18.2. The zero-order valence-corrected chi connectivity index (χ0v) is 13.9. The predicted molar refractivity (Wildman–Crippen MR) is 85.1 cm³/mol. The molecule has 1 aromatic rings. The maximum Gasteiger partial charge on any atom is 0.416 e. The largest absolute Gasteiger partial charge is 0.469 e. The number of ether oxygens (including phenoxy) is 1. The zero-order valence-electron chi connectivity index (χ0n) is 13.9. The van der Waals surface area contributed by atoms with Gasteiger partial charge in [-0.2, -0.15) is 13.2 Å². The number of anilines is 1. The van der Waals surface area contributed by atoms with Crippen LogP contribution in [0.2, 0.25) is 0 Å². The summed E-state index contributed by atoms with van der Waals surface area (Å²) in [7, 11) is 1.20. The third-order valence-electron chi connectivity index (χ3n) is 3.87. The van der Waals surface area contributed by atoms with E-state index in [1.165, 1.54) is 12.0 Å². The minimum absolute atomic E-state index is 0.184. The summed E-state index contributed by atoms with van der Waals surface area (Å²) in [6, 6.07) is 3.19. The molecule has 2 rings (SSSR count). The van der Waals surface area contributed by atoms with Gasteiger partial charge in [-0.15, -0.1) is 0 Å². The topological polar surface area (TPSA) is 87.7 Å². The van der Waals surface area contributed by atoms with Crippen molar-refractivity contribution in [3.05, 3.63) is 29.8 Å². The van der Waals surface area contributed by atoms with E-state index in [1.54, 1.807) is 0 Å². The van der Waals surface area contributed by atoms with E-state index in [4.69, 9.17) is 0 Å². The number of amides is 2. The minimum Gasteiger partial charge on any atom is -0.469 e. The number of halogens is 3. The van der Waals surface area contributed by atoms with E-state index in [-0.39, 0.29) is 24.6 Å². The highest BCUT2D eigenvalue weighted by Crippen LogP contribution is 2.29. The number of hydrogen-bond acceptors (Lipinski definition) is 5. The van der Waals surface area contributed by atoms with Gasteiger partial charge in [0.05, 0.1) is 25.6 Å². The average molecular weight is 373 g/mol. The average Bonchev–Trinajstić information content (AvgIpc) is 2.57. The minimum atomic E-state index is -4.45. The first kappa shape index (κ1) is 19.7. The lowest BCUT2D eigenvalue weighted by molar-refractivity contribution is -0.146. The van der Waals surface area contributed by atoms with Gasteiger partial charge in [0.25, 0.3) is 0 Å². The molecule has 0 saturated carbocycles. The van der Waals surface area contributed by atoms with Gasteiger partial charge in [0, 0.05) is 18.8 Å². The fourth-order valence-electron chi connectivity index (χ4n) is 2.54. The van der Waals surface area contributed by atoms with Crippen LogP contribution in [0.3, 0.4) is 0 Å². The monoisotopic (exact) mass is 373 g/mol. The number of benzene rings is 1. The Hall–Kier alpha value is -2.62. The summed E-state index contributed by atoms with van der Waals surface area (Å²) in [6.45, 7) is 0.494. The number of esters is 1.